The Labute approximate surface area is 212 Å². The van der Waals surface area contributed by atoms with Gasteiger partial charge in [-0.15, -0.1) is 11.3 Å². The number of carbonyl (C=O) groups excluding carboxylic acids is 2. The molecule has 192 valence electrons. The van der Waals surface area contributed by atoms with Gasteiger partial charge in [0.05, 0.1) is 12.2 Å². The second-order valence-corrected chi connectivity index (χ2v) is 10.5. The van der Waals surface area contributed by atoms with E-state index in [1.807, 2.05) is 42.2 Å². The number of hydrogen-bond acceptors (Lipinski definition) is 6. The number of ether oxygens (including phenoxy) is 1. The summed E-state index contributed by atoms with van der Waals surface area (Å²) in [6, 6.07) is 11.7. The Kier molecular flexibility index (Phi) is 10.8. The minimum Gasteiger partial charge on any atom is -0.459 e. The molecule has 0 saturated carbocycles. The van der Waals surface area contributed by atoms with Crippen LogP contribution in [0.2, 0.25) is 0 Å². The topological polar surface area (TPSA) is 87.1 Å². The number of rotatable bonds is 14. The third kappa shape index (κ3) is 7.89. The Hall–Kier alpha value is -2.22. The van der Waals surface area contributed by atoms with E-state index in [0.29, 0.717) is 17.7 Å². The lowest BCUT2D eigenvalue weighted by Crippen LogP contribution is -2.32. The van der Waals surface area contributed by atoms with Crippen LogP contribution in [0, 0.1) is 0 Å². The van der Waals surface area contributed by atoms with E-state index in [0.717, 1.165) is 67.5 Å². The van der Waals surface area contributed by atoms with Gasteiger partial charge in [0.15, 0.2) is 0 Å². The van der Waals surface area contributed by atoms with Gasteiger partial charge in [-0.05, 0) is 68.4 Å². The molecular weight excluding hydrogens is 462 g/mol. The lowest BCUT2D eigenvalue weighted by molar-refractivity contribution is -0.117. The largest absolute Gasteiger partial charge is 0.459 e. The number of thiophene rings is 1. The lowest BCUT2D eigenvalue weighted by atomic mass is 10.0. The number of amides is 1. The van der Waals surface area contributed by atoms with Gasteiger partial charge in [0.25, 0.3) is 0 Å². The molecule has 1 aliphatic rings. The van der Waals surface area contributed by atoms with E-state index < -0.39 is 12.2 Å². The Morgan fingerprint density at radius 1 is 1.11 bits per heavy atom. The maximum absolute atomic E-state index is 12.6. The number of hydrogen-bond donors (Lipinski definition) is 2. The second kappa shape index (κ2) is 13.8. The average molecular weight is 502 g/mol. The van der Waals surface area contributed by atoms with Crippen LogP contribution in [0.15, 0.2) is 36.4 Å². The van der Waals surface area contributed by atoms with Crippen LogP contribution in [0.25, 0.3) is 0 Å². The summed E-state index contributed by atoms with van der Waals surface area (Å²) in [4.78, 5) is 28.4. The maximum Gasteiger partial charge on any atom is 0.348 e. The van der Waals surface area contributed by atoms with Crippen molar-refractivity contribution in [2.45, 2.75) is 96.3 Å². The highest BCUT2D eigenvalue weighted by atomic mass is 32.1. The summed E-state index contributed by atoms with van der Waals surface area (Å²) in [5, 5.41) is 20.0. The lowest BCUT2D eigenvalue weighted by Gasteiger charge is -2.25. The summed E-state index contributed by atoms with van der Waals surface area (Å²) >= 11 is 1.43. The zero-order chi connectivity index (χ0) is 25.2. The fourth-order valence-electron chi connectivity index (χ4n) is 4.48. The van der Waals surface area contributed by atoms with Crippen molar-refractivity contribution in [2.24, 2.45) is 0 Å². The van der Waals surface area contributed by atoms with Crippen molar-refractivity contribution in [2.75, 3.05) is 11.5 Å². The van der Waals surface area contributed by atoms with Crippen LogP contribution < -0.4 is 4.90 Å². The van der Waals surface area contributed by atoms with E-state index in [1.165, 1.54) is 11.3 Å². The highest BCUT2D eigenvalue weighted by Gasteiger charge is 2.31. The van der Waals surface area contributed by atoms with Gasteiger partial charge in [0.2, 0.25) is 5.91 Å². The van der Waals surface area contributed by atoms with Gasteiger partial charge >= 0.3 is 5.97 Å². The van der Waals surface area contributed by atoms with E-state index in [-0.39, 0.29) is 24.5 Å². The summed E-state index contributed by atoms with van der Waals surface area (Å²) < 4.78 is 5.16. The van der Waals surface area contributed by atoms with Gasteiger partial charge in [-0.2, -0.15) is 0 Å². The highest BCUT2D eigenvalue weighted by Crippen LogP contribution is 2.31. The SMILES string of the molecule is CCCCC[C@H](O)c1ccc(N2C(=O)CC[C@@H]2CCCc2ccc(C(=O)OCC(O)CC)s2)cc1. The Balaban J connectivity index is 1.50. The minimum atomic E-state index is -0.623. The van der Waals surface area contributed by atoms with Crippen molar-refractivity contribution in [3.63, 3.8) is 0 Å². The molecule has 6 nitrogen and oxygen atoms in total. The third-order valence-corrected chi connectivity index (χ3v) is 7.79. The number of anilines is 1. The maximum atomic E-state index is 12.6. The first-order chi connectivity index (χ1) is 16.9. The van der Waals surface area contributed by atoms with Crippen molar-refractivity contribution in [1.29, 1.82) is 0 Å². The molecule has 1 aromatic heterocycles. The first kappa shape index (κ1) is 27.4. The van der Waals surface area contributed by atoms with Crippen molar-refractivity contribution >= 4 is 28.9 Å². The van der Waals surface area contributed by atoms with E-state index in [2.05, 4.69) is 6.92 Å². The molecule has 2 N–H and O–H groups in total. The van der Waals surface area contributed by atoms with Crippen LogP contribution in [-0.4, -0.2) is 40.8 Å². The van der Waals surface area contributed by atoms with Crippen LogP contribution >= 0.6 is 11.3 Å². The van der Waals surface area contributed by atoms with Gasteiger partial charge in [0.1, 0.15) is 11.5 Å². The summed E-state index contributed by atoms with van der Waals surface area (Å²) in [6.07, 6.45) is 7.58. The molecular formula is C28H39NO5S. The fraction of sp³-hybridized carbons (Fsp3) is 0.571. The van der Waals surface area contributed by atoms with Crippen molar-refractivity contribution in [1.82, 2.24) is 0 Å². The molecule has 35 heavy (non-hydrogen) atoms. The molecule has 1 fully saturated rings. The van der Waals surface area contributed by atoms with Crippen molar-refractivity contribution < 1.29 is 24.5 Å². The van der Waals surface area contributed by atoms with Crippen LogP contribution in [0.4, 0.5) is 5.69 Å². The summed E-state index contributed by atoms with van der Waals surface area (Å²) in [6.45, 7) is 4.02. The Bertz CT molecular complexity index is 941. The first-order valence-corrected chi connectivity index (χ1v) is 13.8. The molecule has 0 spiro atoms. The Morgan fingerprint density at radius 2 is 1.89 bits per heavy atom. The smallest absolute Gasteiger partial charge is 0.348 e. The molecule has 0 aliphatic carbocycles. The molecule has 0 radical (unpaired) electrons. The van der Waals surface area contributed by atoms with Gasteiger partial charge in [-0.3, -0.25) is 4.79 Å². The van der Waals surface area contributed by atoms with E-state index >= 15 is 0 Å². The van der Waals surface area contributed by atoms with Crippen LogP contribution in [0.1, 0.15) is 97.9 Å². The first-order valence-electron chi connectivity index (χ1n) is 13.0. The van der Waals surface area contributed by atoms with Gasteiger partial charge in [-0.1, -0.05) is 45.2 Å². The number of aliphatic hydroxyl groups excluding tert-OH is 2. The number of esters is 1. The monoisotopic (exact) mass is 501 g/mol. The average Bonchev–Trinajstić information content (AvgIpc) is 3.49. The number of unbranched alkanes of at least 4 members (excludes halogenated alkanes) is 2. The highest BCUT2D eigenvalue weighted by molar-refractivity contribution is 7.13. The zero-order valence-corrected chi connectivity index (χ0v) is 21.8. The molecule has 1 amide bonds. The normalized spacial score (nSPS) is 17.5. The second-order valence-electron chi connectivity index (χ2n) is 9.38. The molecule has 3 rings (SSSR count). The number of nitrogens with zero attached hydrogens (tertiary/aromatic N) is 1. The molecule has 7 heteroatoms. The van der Waals surface area contributed by atoms with Crippen LogP contribution in [-0.2, 0) is 16.0 Å². The zero-order valence-electron chi connectivity index (χ0n) is 20.9. The number of aliphatic hydroxyl groups is 2. The summed E-state index contributed by atoms with van der Waals surface area (Å²) in [5.41, 5.74) is 1.81. The molecule has 0 bridgehead atoms. The third-order valence-electron chi connectivity index (χ3n) is 6.66. The molecule has 2 aromatic rings. The Morgan fingerprint density at radius 3 is 2.60 bits per heavy atom. The standard InChI is InChI=1S/C28H39NO5S/c1-3-5-6-10-25(31)20-11-13-22(14-12-20)29-21(15-18-27(29)32)8-7-9-24-16-17-26(35-24)28(33)34-19-23(30)4-2/h11-14,16-17,21,23,25,30-31H,3-10,15,18-19H2,1-2H3/t21-,23?,25-/m0/s1. The predicted octanol–water partition coefficient (Wildman–Crippen LogP) is 5.81. The van der Waals surface area contributed by atoms with Crippen LogP contribution in [0.3, 0.4) is 0 Å². The summed E-state index contributed by atoms with van der Waals surface area (Å²) in [5.74, 6) is -0.234. The van der Waals surface area contributed by atoms with Crippen molar-refractivity contribution in [3.8, 4) is 0 Å². The molecule has 1 unspecified atom stereocenters. The molecule has 2 heterocycles. The molecule has 1 aliphatic heterocycles. The predicted molar refractivity (Wildman–Crippen MR) is 140 cm³/mol. The molecule has 3 atom stereocenters. The van der Waals surface area contributed by atoms with Crippen LogP contribution in [0.5, 0.6) is 0 Å². The van der Waals surface area contributed by atoms with E-state index in [4.69, 9.17) is 4.74 Å². The van der Waals surface area contributed by atoms with E-state index in [9.17, 15) is 19.8 Å². The fourth-order valence-corrected chi connectivity index (χ4v) is 5.42. The van der Waals surface area contributed by atoms with Crippen molar-refractivity contribution in [3.05, 3.63) is 51.7 Å². The molecule has 1 aromatic carbocycles. The number of aryl methyl sites for hydroxylation is 1. The van der Waals surface area contributed by atoms with Gasteiger partial charge in [-0.25, -0.2) is 4.79 Å². The minimum absolute atomic E-state index is 0.0207. The quantitative estimate of drug-likeness (QED) is 0.252. The van der Waals surface area contributed by atoms with Gasteiger partial charge < -0.3 is 19.8 Å². The number of benzene rings is 1. The van der Waals surface area contributed by atoms with Gasteiger partial charge in [0, 0.05) is 23.0 Å². The van der Waals surface area contributed by atoms with E-state index in [1.54, 1.807) is 6.07 Å². The molecule has 1 saturated heterocycles. The number of carbonyl (C=O) groups is 2. The summed E-state index contributed by atoms with van der Waals surface area (Å²) in [7, 11) is 0.